The minimum Gasteiger partial charge on any atom is -0.367 e. The molecule has 11 heteroatoms. The zero-order chi connectivity index (χ0) is 24.6. The number of anilines is 1. The molecule has 0 saturated carbocycles. The van der Waals surface area contributed by atoms with Crippen LogP contribution in [-0.4, -0.2) is 51.7 Å². The van der Waals surface area contributed by atoms with Crippen LogP contribution in [0.3, 0.4) is 0 Å². The number of nitrogens with one attached hydrogen (secondary N) is 2. The molecule has 2 atom stereocenters. The number of pyridine rings is 1. The molecule has 184 valence electrons. The van der Waals surface area contributed by atoms with Gasteiger partial charge in [-0.05, 0) is 69.5 Å². The number of rotatable bonds is 6. The molecule has 2 aliphatic rings. The quantitative estimate of drug-likeness (QED) is 0.509. The lowest BCUT2D eigenvalue weighted by molar-refractivity contribution is 0.392. The van der Waals surface area contributed by atoms with Gasteiger partial charge in [-0.15, -0.1) is 0 Å². The smallest absolute Gasteiger partial charge is 0.249 e. The van der Waals surface area contributed by atoms with Crippen molar-refractivity contribution in [1.29, 1.82) is 0 Å². The minimum atomic E-state index is -3.96. The van der Waals surface area contributed by atoms with Crippen LogP contribution in [0, 0.1) is 11.7 Å². The Balaban J connectivity index is 1.55. The zero-order valence-corrected chi connectivity index (χ0v) is 20.8. The van der Waals surface area contributed by atoms with Crippen LogP contribution < -0.4 is 10.6 Å². The third-order valence-electron chi connectivity index (χ3n) is 6.57. The average Bonchev–Trinajstić information content (AvgIpc) is 3.24. The summed E-state index contributed by atoms with van der Waals surface area (Å²) in [7, 11) is -3.96. The van der Waals surface area contributed by atoms with E-state index >= 15 is 0 Å². The van der Waals surface area contributed by atoms with E-state index < -0.39 is 20.6 Å². The fourth-order valence-corrected chi connectivity index (χ4v) is 6.60. The second-order valence-corrected chi connectivity index (χ2v) is 11.9. The summed E-state index contributed by atoms with van der Waals surface area (Å²) in [6, 6.07) is 3.46. The highest BCUT2D eigenvalue weighted by molar-refractivity contribution is 7.91. The maximum Gasteiger partial charge on any atom is 0.249 e. The fraction of sp³-hybridized carbons (Fsp3) is 0.375. The molecule has 1 saturated heterocycles. The van der Waals surface area contributed by atoms with Crippen molar-refractivity contribution in [2.24, 2.45) is 5.92 Å². The van der Waals surface area contributed by atoms with Gasteiger partial charge in [-0.25, -0.2) is 31.7 Å². The first kappa shape index (κ1) is 23.9. The summed E-state index contributed by atoms with van der Waals surface area (Å²) < 4.78 is 42.0. The Morgan fingerprint density at radius 2 is 2.23 bits per heavy atom. The molecule has 5 rings (SSSR count). The van der Waals surface area contributed by atoms with Gasteiger partial charge in [-0.2, -0.15) is 0 Å². The number of allylic oxidation sites excluding steroid dienone is 3. The SMILES string of the molecule is CC1(S(=O)(=O)n2cc(-c3ncc(F)c(NCC4CCCNC4)n3)c3cccnc32)C=C(Cl)C=CC1. The Kier molecular flexibility index (Phi) is 6.37. The maximum atomic E-state index is 14.5. The largest absolute Gasteiger partial charge is 0.367 e. The van der Waals surface area contributed by atoms with Crippen LogP contribution in [0.5, 0.6) is 0 Å². The van der Waals surface area contributed by atoms with E-state index in [0.29, 0.717) is 28.4 Å². The van der Waals surface area contributed by atoms with Gasteiger partial charge in [0, 0.05) is 34.9 Å². The van der Waals surface area contributed by atoms with Crippen LogP contribution >= 0.6 is 11.6 Å². The molecule has 0 spiro atoms. The topological polar surface area (TPSA) is 102 Å². The number of hydrogen-bond acceptors (Lipinski definition) is 7. The van der Waals surface area contributed by atoms with E-state index in [1.807, 2.05) is 0 Å². The first-order chi connectivity index (χ1) is 16.8. The molecule has 0 bridgehead atoms. The van der Waals surface area contributed by atoms with Crippen molar-refractivity contribution in [3.63, 3.8) is 0 Å². The van der Waals surface area contributed by atoms with E-state index in [1.54, 1.807) is 31.2 Å². The molecule has 3 aromatic rings. The number of halogens is 2. The Labute approximate surface area is 208 Å². The van der Waals surface area contributed by atoms with Crippen molar-refractivity contribution < 1.29 is 12.8 Å². The number of piperidine rings is 1. The van der Waals surface area contributed by atoms with Gasteiger partial charge >= 0.3 is 0 Å². The van der Waals surface area contributed by atoms with Crippen molar-refractivity contribution in [3.8, 4) is 11.4 Å². The predicted octanol–water partition coefficient (Wildman–Crippen LogP) is 4.06. The molecule has 1 aliphatic carbocycles. The highest BCUT2D eigenvalue weighted by Crippen LogP contribution is 2.36. The van der Waals surface area contributed by atoms with Crippen LogP contribution in [-0.2, 0) is 10.0 Å². The fourth-order valence-electron chi connectivity index (χ4n) is 4.56. The van der Waals surface area contributed by atoms with Gasteiger partial charge in [0.15, 0.2) is 23.1 Å². The second-order valence-electron chi connectivity index (χ2n) is 9.15. The van der Waals surface area contributed by atoms with E-state index in [1.165, 1.54) is 18.5 Å². The van der Waals surface area contributed by atoms with Gasteiger partial charge in [0.2, 0.25) is 10.0 Å². The highest BCUT2D eigenvalue weighted by atomic mass is 35.5. The zero-order valence-electron chi connectivity index (χ0n) is 19.2. The summed E-state index contributed by atoms with van der Waals surface area (Å²) in [4.78, 5) is 12.9. The molecule has 0 amide bonds. The lowest BCUT2D eigenvalue weighted by atomic mass is 10.00. The summed E-state index contributed by atoms with van der Waals surface area (Å²) >= 11 is 6.15. The van der Waals surface area contributed by atoms with Crippen LogP contribution in [0.25, 0.3) is 22.4 Å². The van der Waals surface area contributed by atoms with Gasteiger partial charge in [-0.3, -0.25) is 0 Å². The Bertz CT molecular complexity index is 1430. The Morgan fingerprint density at radius 1 is 1.37 bits per heavy atom. The van der Waals surface area contributed by atoms with Crippen LogP contribution in [0.1, 0.15) is 26.2 Å². The lowest BCUT2D eigenvalue weighted by Crippen LogP contribution is -2.38. The summed E-state index contributed by atoms with van der Waals surface area (Å²) in [5.41, 5.74) is 0.697. The van der Waals surface area contributed by atoms with Gasteiger partial charge in [-0.1, -0.05) is 17.7 Å². The van der Waals surface area contributed by atoms with Crippen LogP contribution in [0.4, 0.5) is 10.2 Å². The molecule has 1 fully saturated rings. The Hall–Kier alpha value is -2.82. The lowest BCUT2D eigenvalue weighted by Gasteiger charge is -2.27. The molecule has 35 heavy (non-hydrogen) atoms. The average molecular weight is 517 g/mol. The molecule has 2 N–H and O–H groups in total. The third-order valence-corrected chi connectivity index (χ3v) is 9.06. The Morgan fingerprint density at radius 3 is 3.00 bits per heavy atom. The number of fused-ring (bicyclic) bond motifs is 1. The van der Waals surface area contributed by atoms with Crippen LogP contribution in [0.15, 0.2) is 54.0 Å². The van der Waals surface area contributed by atoms with Crippen molar-refractivity contribution >= 4 is 38.5 Å². The number of nitrogens with zero attached hydrogens (tertiary/aromatic N) is 4. The molecular formula is C24H26ClFN6O2S. The van der Waals surface area contributed by atoms with Crippen molar-refractivity contribution in [1.82, 2.24) is 24.2 Å². The molecule has 0 aromatic carbocycles. The minimum absolute atomic E-state index is 0.0901. The van der Waals surface area contributed by atoms with Gasteiger partial charge < -0.3 is 10.6 Å². The maximum absolute atomic E-state index is 14.5. The molecular weight excluding hydrogens is 491 g/mol. The van der Waals surface area contributed by atoms with Crippen molar-refractivity contribution in [2.45, 2.75) is 30.9 Å². The van der Waals surface area contributed by atoms with E-state index in [2.05, 4.69) is 25.6 Å². The summed E-state index contributed by atoms with van der Waals surface area (Å²) in [6.07, 6.45) is 11.5. The summed E-state index contributed by atoms with van der Waals surface area (Å²) in [6.45, 7) is 4.08. The van der Waals surface area contributed by atoms with Crippen molar-refractivity contribution in [3.05, 3.63) is 59.8 Å². The molecule has 8 nitrogen and oxygen atoms in total. The number of aromatic nitrogens is 4. The normalized spacial score (nSPS) is 22.8. The van der Waals surface area contributed by atoms with E-state index in [4.69, 9.17) is 11.6 Å². The van der Waals surface area contributed by atoms with Gasteiger partial charge in [0.25, 0.3) is 0 Å². The van der Waals surface area contributed by atoms with Crippen molar-refractivity contribution in [2.75, 3.05) is 25.0 Å². The summed E-state index contributed by atoms with van der Waals surface area (Å²) in [5, 5.41) is 7.36. The second kappa shape index (κ2) is 9.33. The number of hydrogen-bond donors (Lipinski definition) is 2. The van der Waals surface area contributed by atoms with Gasteiger partial charge in [0.1, 0.15) is 4.75 Å². The molecule has 4 heterocycles. The molecule has 2 unspecified atom stereocenters. The molecule has 0 radical (unpaired) electrons. The monoisotopic (exact) mass is 516 g/mol. The third kappa shape index (κ3) is 4.46. The first-order valence-corrected chi connectivity index (χ1v) is 13.3. The standard InChI is InChI=1S/C24H26ClFN6O2S/c1-24(8-2-6-17(25)11-24)35(33,34)32-15-19(18-7-4-10-28-23(18)32)21-30-14-20(26)22(31-21)29-13-16-5-3-9-27-12-16/h2,4,6-7,10-11,14-16,27H,3,5,8-9,12-13H2,1H3,(H,29,30,31). The molecule has 3 aromatic heterocycles. The predicted molar refractivity (Wildman–Crippen MR) is 135 cm³/mol. The van der Waals surface area contributed by atoms with E-state index in [-0.39, 0.29) is 23.7 Å². The first-order valence-electron chi connectivity index (χ1n) is 11.5. The highest BCUT2D eigenvalue weighted by Gasteiger charge is 2.40. The molecule has 1 aliphatic heterocycles. The van der Waals surface area contributed by atoms with Crippen LogP contribution in [0.2, 0.25) is 0 Å². The summed E-state index contributed by atoms with van der Waals surface area (Å²) in [5.74, 6) is 0.119. The van der Waals surface area contributed by atoms with E-state index in [9.17, 15) is 12.8 Å². The van der Waals surface area contributed by atoms with Gasteiger partial charge in [0.05, 0.1) is 6.20 Å². The van der Waals surface area contributed by atoms with E-state index in [0.717, 1.165) is 36.1 Å².